The van der Waals surface area contributed by atoms with Crippen LogP contribution < -0.4 is 14.4 Å². The average molecular weight is 1200 g/mol. The first-order valence-electron chi connectivity index (χ1n) is 26.3. The zero-order valence-electron chi connectivity index (χ0n) is 44.2. The number of aliphatic hydroxyl groups excluding tert-OH is 2. The summed E-state index contributed by atoms with van der Waals surface area (Å²) in [5.74, 6) is -3.29. The first kappa shape index (κ1) is 57.7. The second kappa shape index (κ2) is 24.3. The van der Waals surface area contributed by atoms with Gasteiger partial charge < -0.3 is 67.7 Å². The van der Waals surface area contributed by atoms with E-state index in [4.69, 9.17) is 61.1 Å². The van der Waals surface area contributed by atoms with E-state index in [1.807, 2.05) is 47.7 Å². The predicted octanol–water partition coefficient (Wildman–Crippen LogP) is 7.28. The summed E-state index contributed by atoms with van der Waals surface area (Å²) in [5.41, 5.74) is -1.32. The number of esters is 1. The molecule has 0 unspecified atom stereocenters. The van der Waals surface area contributed by atoms with Gasteiger partial charge in [-0.1, -0.05) is 37.0 Å². The van der Waals surface area contributed by atoms with Crippen molar-refractivity contribution in [1.82, 2.24) is 19.7 Å². The van der Waals surface area contributed by atoms with Gasteiger partial charge in [-0.2, -0.15) is 0 Å². The number of pyridine rings is 1. The highest BCUT2D eigenvalue weighted by Crippen LogP contribution is 2.47. The normalized spacial score (nSPS) is 34.9. The molecular formula is C53H74Cl2IN5O14. The molecule has 75 heavy (non-hydrogen) atoms. The van der Waals surface area contributed by atoms with Crippen LogP contribution in [0.2, 0.25) is 10.0 Å². The van der Waals surface area contributed by atoms with E-state index in [0.29, 0.717) is 72.8 Å². The van der Waals surface area contributed by atoms with Crippen molar-refractivity contribution in [1.29, 1.82) is 0 Å². The number of nitrogens with zero attached hydrogens (tertiary/aromatic N) is 5. The van der Waals surface area contributed by atoms with Crippen molar-refractivity contribution in [2.24, 2.45) is 23.7 Å². The van der Waals surface area contributed by atoms with Crippen molar-refractivity contribution in [3.05, 3.63) is 46.2 Å². The molecule has 1 aliphatic carbocycles. The standard InChI is InChI=1S/C53H74Cl2IN5O14/c1-29-22-39(58(7)50(66)59-18-20-69-21-19-59)44(64)48(71-29)73-46-31(3)42(62)32(4)47(65)74-49(56)53(6)45(30(2)43(63)33-24-52(46,5)70-28-33)61(51(67)75-53)17-11-16-60(27-36-37(54)25-57-26-38(36)55)34-14-15-40(68-8)41(23-34)72-35-12-9-10-13-35/h14-15,23,25-26,29-33,35,39,42,44-46,48-49,62,64H,9-13,16-22,24,27-28H2,1-8H3/t29-,30+,31+,32-,33+,39+,42+,44-,45-,46-,48+,49+,52-,53+/m1/s1. The van der Waals surface area contributed by atoms with Crippen LogP contribution >= 0.6 is 45.8 Å². The van der Waals surface area contributed by atoms with E-state index < -0.39 is 93.8 Å². The van der Waals surface area contributed by atoms with Crippen LogP contribution in [0.3, 0.4) is 0 Å². The number of urea groups is 1. The number of methoxy groups -OCH3 is 1. The van der Waals surface area contributed by atoms with Gasteiger partial charge in [0.25, 0.3) is 0 Å². The van der Waals surface area contributed by atoms with E-state index in [1.165, 1.54) is 4.90 Å². The van der Waals surface area contributed by atoms with Crippen LogP contribution in [0.25, 0.3) is 0 Å². The summed E-state index contributed by atoms with van der Waals surface area (Å²) in [5, 5.41) is 24.8. The Morgan fingerprint density at radius 3 is 2.36 bits per heavy atom. The van der Waals surface area contributed by atoms with Crippen LogP contribution in [-0.4, -0.2) is 178 Å². The molecule has 14 atom stereocenters. The molecule has 19 nitrogen and oxygen atoms in total. The van der Waals surface area contributed by atoms with Gasteiger partial charge in [-0.3, -0.25) is 14.6 Å². The van der Waals surface area contributed by atoms with Crippen LogP contribution in [-0.2, 0) is 44.6 Å². The molecule has 6 fully saturated rings. The van der Waals surface area contributed by atoms with Crippen molar-refractivity contribution in [2.45, 2.75) is 157 Å². The van der Waals surface area contributed by atoms with E-state index >= 15 is 4.79 Å². The van der Waals surface area contributed by atoms with Crippen molar-refractivity contribution in [2.75, 3.05) is 65.1 Å². The summed E-state index contributed by atoms with van der Waals surface area (Å²) in [4.78, 5) is 68.3. The second-order valence-corrected chi connectivity index (χ2v) is 23.6. The Hall–Kier alpha value is -3.48. The van der Waals surface area contributed by atoms with Gasteiger partial charge in [0, 0.05) is 87.2 Å². The quantitative estimate of drug-likeness (QED) is 0.115. The van der Waals surface area contributed by atoms with E-state index in [0.717, 1.165) is 31.4 Å². The van der Waals surface area contributed by atoms with Crippen LogP contribution in [0, 0.1) is 23.7 Å². The molecule has 0 radical (unpaired) electrons. The summed E-state index contributed by atoms with van der Waals surface area (Å²) in [7, 11) is 3.25. The molecular weight excluding hydrogens is 1130 g/mol. The molecule has 5 aliphatic heterocycles. The lowest BCUT2D eigenvalue weighted by molar-refractivity contribution is -0.297. The number of amides is 3. The van der Waals surface area contributed by atoms with Gasteiger partial charge in [0.2, 0.25) is 0 Å². The number of alkyl halides is 1. The number of morpholine rings is 1. The highest BCUT2D eigenvalue weighted by atomic mass is 127. The number of hydrogen-bond acceptors (Lipinski definition) is 16. The molecule has 416 valence electrons. The fourth-order valence-electron chi connectivity index (χ4n) is 12.1. The van der Waals surface area contributed by atoms with Crippen molar-refractivity contribution >= 4 is 75.4 Å². The van der Waals surface area contributed by atoms with Crippen molar-refractivity contribution < 1.29 is 67.3 Å². The van der Waals surface area contributed by atoms with E-state index in [2.05, 4.69) is 9.88 Å². The predicted molar refractivity (Wildman–Crippen MR) is 285 cm³/mol. The van der Waals surface area contributed by atoms with Gasteiger partial charge >= 0.3 is 18.1 Å². The fraction of sp³-hybridized carbons (Fsp3) is 0.717. The summed E-state index contributed by atoms with van der Waals surface area (Å²) in [6.07, 6.45) is 1.94. The number of hydrogen-bond donors (Lipinski definition) is 2. The minimum atomic E-state index is -1.52. The lowest BCUT2D eigenvalue weighted by Gasteiger charge is -2.47. The molecule has 2 aromatic rings. The number of rotatable bonds is 13. The van der Waals surface area contributed by atoms with Gasteiger partial charge in [-0.15, -0.1) is 0 Å². The molecule has 2 N–H and O–H groups in total. The summed E-state index contributed by atoms with van der Waals surface area (Å²) in [6, 6.07) is 3.87. The number of aromatic nitrogens is 1. The Labute approximate surface area is 463 Å². The number of ether oxygens (including phenoxy) is 8. The Kier molecular flexibility index (Phi) is 18.7. The number of aliphatic hydroxyl groups is 2. The lowest BCUT2D eigenvalue weighted by atomic mass is 9.75. The SMILES string of the molecule is COc1ccc(N(CCCN2C(=O)O[C@]3(C)[C@@H](I)OC(=O)[C@H](C)[C@@H](O)[C@H](C)[C@@H](O[C@@H]4O[C@H](C)C[C@H](N(C)C(=O)N5CCOCC5)[C@H]4O)[C@@]4(C)C[C@@H](CO4)C(=O)[C@H](C)[C@@H]23)Cc2c(Cl)cncc2Cl)cc1OC1CCCC1. The fourth-order valence-corrected chi connectivity index (χ4v) is 13.3. The minimum Gasteiger partial charge on any atom is -0.493 e. The van der Waals surface area contributed by atoms with Gasteiger partial charge in [0.1, 0.15) is 11.9 Å². The number of carbonyl (C=O) groups excluding carboxylic acids is 4. The van der Waals surface area contributed by atoms with Crippen LogP contribution in [0.1, 0.15) is 92.1 Å². The van der Waals surface area contributed by atoms with Crippen molar-refractivity contribution in [3.8, 4) is 11.5 Å². The molecule has 3 amide bonds. The van der Waals surface area contributed by atoms with E-state index in [9.17, 15) is 24.6 Å². The summed E-state index contributed by atoms with van der Waals surface area (Å²) < 4.78 is 48.6. The maximum atomic E-state index is 15.1. The molecule has 2 bridgehead atoms. The third kappa shape index (κ3) is 12.2. The largest absolute Gasteiger partial charge is 0.493 e. The monoisotopic (exact) mass is 1200 g/mol. The van der Waals surface area contributed by atoms with Gasteiger partial charge in [0.05, 0.1) is 85.0 Å². The molecule has 1 aromatic carbocycles. The molecule has 5 saturated heterocycles. The number of benzene rings is 1. The highest BCUT2D eigenvalue weighted by Gasteiger charge is 2.61. The number of likely N-dealkylation sites (N-methyl/N-ethyl adjacent to an activating group) is 1. The number of fused-ring (bicyclic) bond motifs is 3. The first-order valence-corrected chi connectivity index (χ1v) is 28.3. The Balaban J connectivity index is 1.05. The molecule has 0 spiro atoms. The first-order chi connectivity index (χ1) is 35.6. The van der Waals surface area contributed by atoms with Crippen LogP contribution in [0.4, 0.5) is 15.3 Å². The molecule has 1 aromatic heterocycles. The maximum Gasteiger partial charge on any atom is 0.410 e. The van der Waals surface area contributed by atoms with Gasteiger partial charge in [-0.25, -0.2) is 9.59 Å². The third-order valence-corrected chi connectivity index (χ3v) is 18.6. The van der Waals surface area contributed by atoms with Crippen molar-refractivity contribution in [3.63, 3.8) is 0 Å². The highest BCUT2D eigenvalue weighted by molar-refractivity contribution is 14.1. The molecule has 8 rings (SSSR count). The second-order valence-electron chi connectivity index (χ2n) is 21.7. The van der Waals surface area contributed by atoms with Crippen LogP contribution in [0.15, 0.2) is 30.6 Å². The Bertz CT molecular complexity index is 2350. The number of cyclic esters (lactones) is 1. The van der Waals surface area contributed by atoms with E-state index in [1.54, 1.807) is 71.0 Å². The minimum absolute atomic E-state index is 0.00742. The zero-order valence-corrected chi connectivity index (χ0v) is 47.8. The topological polar surface area (TPSA) is 208 Å². The van der Waals surface area contributed by atoms with Gasteiger partial charge in [0.15, 0.2) is 27.5 Å². The van der Waals surface area contributed by atoms with E-state index in [-0.39, 0.29) is 44.0 Å². The molecule has 1 saturated carbocycles. The number of carbonyl (C=O) groups is 4. The van der Waals surface area contributed by atoms with Crippen LogP contribution in [0.5, 0.6) is 11.5 Å². The zero-order chi connectivity index (χ0) is 54.1. The Morgan fingerprint density at radius 1 is 0.987 bits per heavy atom. The molecule has 6 heterocycles. The number of ketones is 1. The number of Topliss-reactive ketones (excluding diaryl/α,β-unsaturated/α-hetero) is 1. The molecule has 22 heteroatoms. The summed E-state index contributed by atoms with van der Waals surface area (Å²) >= 11 is 15.3. The third-order valence-electron chi connectivity index (χ3n) is 16.4. The summed E-state index contributed by atoms with van der Waals surface area (Å²) in [6.45, 7) is 12.8. The maximum absolute atomic E-state index is 15.1. The smallest absolute Gasteiger partial charge is 0.410 e. The average Bonchev–Trinajstić information content (AvgIpc) is 4.13. The number of anilines is 1. The lowest BCUT2D eigenvalue weighted by Crippen LogP contribution is -2.61. The van der Waals surface area contributed by atoms with Gasteiger partial charge in [-0.05, 0) is 107 Å². The Morgan fingerprint density at radius 2 is 1.68 bits per heavy atom. The molecule has 6 aliphatic rings. The number of halogens is 3.